The van der Waals surface area contributed by atoms with E-state index in [1.807, 2.05) is 36.1 Å². The Bertz CT molecular complexity index is 687. The Morgan fingerprint density at radius 3 is 2.78 bits per heavy atom. The molecule has 0 saturated heterocycles. The molecule has 0 aliphatic heterocycles. The highest BCUT2D eigenvalue weighted by Gasteiger charge is 2.17. The lowest BCUT2D eigenvalue weighted by molar-refractivity contribution is -0.665. The number of hydrogen-bond acceptors (Lipinski definition) is 3. The fraction of sp³-hybridized carbons (Fsp3) is 0.154. The lowest BCUT2D eigenvalue weighted by atomic mass is 10.2. The van der Waals surface area contributed by atoms with E-state index in [-0.39, 0.29) is 0 Å². The van der Waals surface area contributed by atoms with Crippen LogP contribution >= 0.6 is 0 Å². The summed E-state index contributed by atoms with van der Waals surface area (Å²) in [5.41, 5.74) is 8.83. The fourth-order valence-corrected chi connectivity index (χ4v) is 2.15. The maximum atomic E-state index is 5.88. The van der Waals surface area contributed by atoms with Crippen LogP contribution in [-0.4, -0.2) is 14.5 Å². The van der Waals surface area contributed by atoms with Crippen LogP contribution < -0.4 is 10.3 Å². The standard InChI is InChI=1S/C13H14N5/c1-17-9-18(7-10-5-3-2-4-6-10)13-11(17)12(14)15-8-16-13/h2-6,8-9H,7H2,1H3,(H2,14,15,16)/q+1. The highest BCUT2D eigenvalue weighted by atomic mass is 15.2. The molecule has 3 rings (SSSR count). The molecule has 0 fully saturated rings. The Labute approximate surface area is 105 Å². The van der Waals surface area contributed by atoms with Crippen LogP contribution in [0.15, 0.2) is 43.0 Å². The Hall–Kier alpha value is -2.43. The second kappa shape index (κ2) is 4.10. The molecule has 0 saturated carbocycles. The molecule has 5 nitrogen and oxygen atoms in total. The molecule has 5 heteroatoms. The van der Waals surface area contributed by atoms with Crippen molar-refractivity contribution in [2.24, 2.45) is 7.05 Å². The topological polar surface area (TPSA) is 60.6 Å². The quantitative estimate of drug-likeness (QED) is 0.677. The molecule has 0 radical (unpaired) electrons. The molecule has 90 valence electrons. The van der Waals surface area contributed by atoms with Gasteiger partial charge in [-0.25, -0.2) is 4.57 Å². The van der Waals surface area contributed by atoms with Crippen molar-refractivity contribution < 1.29 is 4.57 Å². The average Bonchev–Trinajstić information content (AvgIpc) is 2.69. The van der Waals surface area contributed by atoms with Crippen molar-refractivity contribution in [2.75, 3.05) is 5.73 Å². The van der Waals surface area contributed by atoms with Gasteiger partial charge in [0.25, 0.3) is 0 Å². The lowest BCUT2D eigenvalue weighted by Gasteiger charge is -1.98. The van der Waals surface area contributed by atoms with Gasteiger partial charge in [0.2, 0.25) is 5.52 Å². The first-order valence-corrected chi connectivity index (χ1v) is 5.74. The Morgan fingerprint density at radius 2 is 2.00 bits per heavy atom. The van der Waals surface area contributed by atoms with Crippen molar-refractivity contribution in [3.63, 3.8) is 0 Å². The number of benzene rings is 1. The van der Waals surface area contributed by atoms with Gasteiger partial charge in [-0.05, 0) is 5.56 Å². The van der Waals surface area contributed by atoms with Gasteiger partial charge < -0.3 is 5.73 Å². The van der Waals surface area contributed by atoms with Gasteiger partial charge in [-0.3, -0.25) is 4.57 Å². The van der Waals surface area contributed by atoms with Crippen LogP contribution in [0.5, 0.6) is 0 Å². The van der Waals surface area contributed by atoms with E-state index in [0.717, 1.165) is 17.7 Å². The number of fused-ring (bicyclic) bond motifs is 1. The second-order valence-corrected chi connectivity index (χ2v) is 4.27. The molecule has 2 N–H and O–H groups in total. The molecule has 0 unspecified atom stereocenters. The Kier molecular flexibility index (Phi) is 2.44. The Balaban J connectivity index is 2.11. The van der Waals surface area contributed by atoms with Gasteiger partial charge >= 0.3 is 5.65 Å². The molecule has 18 heavy (non-hydrogen) atoms. The van der Waals surface area contributed by atoms with Crippen LogP contribution in [0.25, 0.3) is 11.2 Å². The molecular weight excluding hydrogens is 226 g/mol. The maximum Gasteiger partial charge on any atom is 0.307 e. The molecule has 2 heterocycles. The van der Waals surface area contributed by atoms with Crippen molar-refractivity contribution in [2.45, 2.75) is 6.54 Å². The number of nitrogens with zero attached hydrogens (tertiary/aromatic N) is 4. The predicted molar refractivity (Wildman–Crippen MR) is 68.7 cm³/mol. The van der Waals surface area contributed by atoms with E-state index in [1.165, 1.54) is 11.9 Å². The van der Waals surface area contributed by atoms with Crippen LogP contribution in [0.1, 0.15) is 5.56 Å². The molecule has 0 spiro atoms. The molecule has 0 amide bonds. The number of aromatic nitrogens is 4. The minimum Gasteiger partial charge on any atom is -0.380 e. The zero-order valence-corrected chi connectivity index (χ0v) is 10.1. The summed E-state index contributed by atoms with van der Waals surface area (Å²) in [6, 6.07) is 10.3. The summed E-state index contributed by atoms with van der Waals surface area (Å²) in [6.45, 7) is 0.772. The number of nitrogens with two attached hydrogens (primary N) is 1. The van der Waals surface area contributed by atoms with Crippen molar-refractivity contribution in [3.8, 4) is 0 Å². The van der Waals surface area contributed by atoms with Crippen LogP contribution in [0.2, 0.25) is 0 Å². The van der Waals surface area contributed by atoms with E-state index in [4.69, 9.17) is 5.73 Å². The van der Waals surface area contributed by atoms with Gasteiger partial charge in [-0.2, -0.15) is 4.98 Å². The molecule has 0 atom stereocenters. The number of imidazole rings is 1. The van der Waals surface area contributed by atoms with E-state index < -0.39 is 0 Å². The molecular formula is C13H14N5+. The first kappa shape index (κ1) is 10.7. The van der Waals surface area contributed by atoms with Gasteiger partial charge in [0.05, 0.1) is 13.6 Å². The molecule has 2 aromatic heterocycles. The minimum absolute atomic E-state index is 0.509. The van der Waals surface area contributed by atoms with Crippen molar-refractivity contribution in [3.05, 3.63) is 48.5 Å². The van der Waals surface area contributed by atoms with E-state index in [0.29, 0.717) is 5.82 Å². The fourth-order valence-electron chi connectivity index (χ4n) is 2.15. The van der Waals surface area contributed by atoms with Gasteiger partial charge in [0.15, 0.2) is 18.5 Å². The zero-order chi connectivity index (χ0) is 12.5. The van der Waals surface area contributed by atoms with E-state index in [1.54, 1.807) is 0 Å². The summed E-state index contributed by atoms with van der Waals surface area (Å²) in [4.78, 5) is 8.33. The molecule has 0 aliphatic rings. The number of rotatable bonds is 2. The van der Waals surface area contributed by atoms with Crippen molar-refractivity contribution in [1.82, 2.24) is 14.5 Å². The number of aryl methyl sites for hydroxylation is 1. The third-order valence-electron chi connectivity index (χ3n) is 2.96. The SMILES string of the molecule is Cn1c[n+](Cc2ccccc2)c2ncnc(N)c21. The molecule has 0 aliphatic carbocycles. The van der Waals surface area contributed by atoms with Crippen LogP contribution in [0.4, 0.5) is 5.82 Å². The minimum atomic E-state index is 0.509. The largest absolute Gasteiger partial charge is 0.380 e. The average molecular weight is 240 g/mol. The van der Waals surface area contributed by atoms with Gasteiger partial charge in [0.1, 0.15) is 0 Å². The summed E-state index contributed by atoms with van der Waals surface area (Å²) in [7, 11) is 1.95. The predicted octanol–water partition coefficient (Wildman–Crippen LogP) is 0.886. The highest BCUT2D eigenvalue weighted by molar-refractivity contribution is 5.78. The van der Waals surface area contributed by atoms with Gasteiger partial charge in [-0.15, -0.1) is 0 Å². The van der Waals surface area contributed by atoms with Crippen LogP contribution in [-0.2, 0) is 13.6 Å². The zero-order valence-electron chi connectivity index (χ0n) is 10.1. The molecule has 0 bridgehead atoms. The monoisotopic (exact) mass is 240 g/mol. The van der Waals surface area contributed by atoms with E-state index in [2.05, 4.69) is 26.7 Å². The van der Waals surface area contributed by atoms with Crippen molar-refractivity contribution in [1.29, 1.82) is 0 Å². The third-order valence-corrected chi connectivity index (χ3v) is 2.96. The molecule has 1 aromatic carbocycles. The number of nitrogen functional groups attached to an aromatic ring is 1. The summed E-state index contributed by atoms with van der Waals surface area (Å²) in [5.74, 6) is 0.509. The number of hydrogen-bond donors (Lipinski definition) is 1. The summed E-state index contributed by atoms with van der Waals surface area (Å²) >= 11 is 0. The highest BCUT2D eigenvalue weighted by Crippen LogP contribution is 2.13. The molecule has 3 aromatic rings. The Morgan fingerprint density at radius 1 is 1.22 bits per heavy atom. The first-order chi connectivity index (χ1) is 8.75. The van der Waals surface area contributed by atoms with E-state index in [9.17, 15) is 0 Å². The van der Waals surface area contributed by atoms with Crippen LogP contribution in [0, 0.1) is 0 Å². The first-order valence-electron chi connectivity index (χ1n) is 5.74. The third kappa shape index (κ3) is 1.69. The van der Waals surface area contributed by atoms with E-state index >= 15 is 0 Å². The number of anilines is 1. The lowest BCUT2D eigenvalue weighted by Crippen LogP contribution is -2.33. The van der Waals surface area contributed by atoms with Gasteiger partial charge in [-0.1, -0.05) is 35.3 Å². The maximum absolute atomic E-state index is 5.88. The summed E-state index contributed by atoms with van der Waals surface area (Å²) in [5, 5.41) is 0. The summed E-state index contributed by atoms with van der Waals surface area (Å²) < 4.78 is 4.02. The van der Waals surface area contributed by atoms with Crippen LogP contribution in [0.3, 0.4) is 0 Å². The smallest absolute Gasteiger partial charge is 0.307 e. The summed E-state index contributed by atoms with van der Waals surface area (Å²) in [6.07, 6.45) is 3.49. The van der Waals surface area contributed by atoms with Crippen molar-refractivity contribution >= 4 is 17.0 Å². The second-order valence-electron chi connectivity index (χ2n) is 4.27. The normalized spacial score (nSPS) is 10.9. The van der Waals surface area contributed by atoms with Gasteiger partial charge in [0, 0.05) is 0 Å².